The Morgan fingerprint density at radius 3 is 3.00 bits per heavy atom. The summed E-state index contributed by atoms with van der Waals surface area (Å²) in [5, 5.41) is 8.68. The molecule has 0 fully saturated rings. The molecule has 1 aromatic heterocycles. The van der Waals surface area contributed by atoms with Crippen LogP contribution in [-0.2, 0) is 11.3 Å². The van der Waals surface area contributed by atoms with Gasteiger partial charge in [-0.2, -0.15) is 0 Å². The first-order chi connectivity index (χ1) is 6.09. The molecule has 0 unspecified atom stereocenters. The van der Waals surface area contributed by atoms with Gasteiger partial charge in [-0.1, -0.05) is 11.6 Å². The van der Waals surface area contributed by atoms with Gasteiger partial charge in [0.1, 0.15) is 0 Å². The van der Waals surface area contributed by atoms with Crippen LogP contribution in [-0.4, -0.2) is 20.6 Å². The molecule has 0 aliphatic rings. The third-order valence-corrected chi connectivity index (χ3v) is 1.58. The van der Waals surface area contributed by atoms with Crippen LogP contribution in [0.25, 0.3) is 0 Å². The van der Waals surface area contributed by atoms with Crippen molar-refractivity contribution in [2.75, 3.05) is 0 Å². The summed E-state index contributed by atoms with van der Waals surface area (Å²) in [7, 11) is 0. The zero-order chi connectivity index (χ0) is 9.84. The Kier molecular flexibility index (Phi) is 3.02. The van der Waals surface area contributed by atoms with E-state index < -0.39 is 11.7 Å². The minimum Gasteiger partial charge on any atom is -0.481 e. The van der Waals surface area contributed by atoms with E-state index in [2.05, 4.69) is 4.98 Å². The lowest BCUT2D eigenvalue weighted by atomic mass is 10.4. The normalized spacial score (nSPS) is 9.92. The number of rotatable bonds is 3. The van der Waals surface area contributed by atoms with Crippen molar-refractivity contribution >= 4 is 17.6 Å². The van der Waals surface area contributed by atoms with Crippen molar-refractivity contribution in [2.45, 2.75) is 13.0 Å². The highest BCUT2D eigenvalue weighted by Crippen LogP contribution is 2.01. The lowest BCUT2D eigenvalue weighted by Gasteiger charge is -2.01. The number of aromatic nitrogens is 2. The summed E-state index contributed by atoms with van der Waals surface area (Å²) in [6, 6.07) is 0. The zero-order valence-electron chi connectivity index (χ0n) is 6.61. The molecule has 0 saturated heterocycles. The Labute approximate surface area is 78.6 Å². The molecule has 0 radical (unpaired) electrons. The van der Waals surface area contributed by atoms with Gasteiger partial charge in [0.25, 0.3) is 0 Å². The summed E-state index contributed by atoms with van der Waals surface area (Å²) in [5.41, 5.74) is -0.495. The van der Waals surface area contributed by atoms with E-state index in [1.54, 1.807) is 0 Å². The van der Waals surface area contributed by atoms with Crippen molar-refractivity contribution in [3.05, 3.63) is 27.9 Å². The van der Waals surface area contributed by atoms with Crippen molar-refractivity contribution < 1.29 is 9.90 Å². The smallest absolute Gasteiger partial charge is 0.347 e. The minimum atomic E-state index is -0.966. The number of aliphatic carboxylic acids is 1. The molecule has 1 aromatic rings. The summed E-state index contributed by atoms with van der Waals surface area (Å²) in [4.78, 5) is 24.6. The van der Waals surface area contributed by atoms with Gasteiger partial charge in [-0.15, -0.1) is 0 Å². The van der Waals surface area contributed by atoms with E-state index in [0.717, 1.165) is 4.57 Å². The lowest BCUT2D eigenvalue weighted by Crippen LogP contribution is -2.23. The molecule has 1 N–H and O–H groups in total. The topological polar surface area (TPSA) is 72.2 Å². The van der Waals surface area contributed by atoms with Crippen LogP contribution in [0.15, 0.2) is 17.2 Å². The van der Waals surface area contributed by atoms with Crippen LogP contribution in [0.3, 0.4) is 0 Å². The van der Waals surface area contributed by atoms with E-state index in [-0.39, 0.29) is 13.0 Å². The molecule has 1 rings (SSSR count). The number of halogens is 1. The molecule has 1 heterocycles. The van der Waals surface area contributed by atoms with Crippen molar-refractivity contribution in [1.82, 2.24) is 9.55 Å². The molecule has 0 amide bonds. The van der Waals surface area contributed by atoms with E-state index in [4.69, 9.17) is 16.7 Å². The van der Waals surface area contributed by atoms with Crippen LogP contribution in [0, 0.1) is 0 Å². The van der Waals surface area contributed by atoms with Gasteiger partial charge in [0.15, 0.2) is 0 Å². The molecule has 0 aliphatic heterocycles. The maximum absolute atomic E-state index is 11.0. The molecule has 0 saturated carbocycles. The molecular weight excluding hydrogens is 196 g/mol. The van der Waals surface area contributed by atoms with E-state index >= 15 is 0 Å². The van der Waals surface area contributed by atoms with Gasteiger partial charge in [-0.25, -0.2) is 9.78 Å². The quantitative estimate of drug-likeness (QED) is 0.769. The van der Waals surface area contributed by atoms with Gasteiger partial charge in [0.2, 0.25) is 0 Å². The summed E-state index contributed by atoms with van der Waals surface area (Å²) < 4.78 is 1.16. The highest BCUT2D eigenvalue weighted by molar-refractivity contribution is 6.30. The van der Waals surface area contributed by atoms with Gasteiger partial charge in [-0.3, -0.25) is 9.36 Å². The molecular formula is C7H7ClN2O3. The fraction of sp³-hybridized carbons (Fsp3) is 0.286. The van der Waals surface area contributed by atoms with E-state index in [1.807, 2.05) is 0 Å². The molecule has 0 aliphatic carbocycles. The summed E-state index contributed by atoms with van der Waals surface area (Å²) in [6.45, 7) is 0.0850. The second-order valence-electron chi connectivity index (χ2n) is 2.39. The Hall–Kier alpha value is -1.36. The van der Waals surface area contributed by atoms with Crippen molar-refractivity contribution in [1.29, 1.82) is 0 Å². The van der Waals surface area contributed by atoms with Gasteiger partial charge >= 0.3 is 11.7 Å². The first-order valence-electron chi connectivity index (χ1n) is 3.53. The number of carboxylic acids is 1. The van der Waals surface area contributed by atoms with Crippen molar-refractivity contribution in [3.63, 3.8) is 0 Å². The first kappa shape index (κ1) is 9.73. The summed E-state index contributed by atoms with van der Waals surface area (Å²) in [5.74, 6) is -0.966. The predicted molar refractivity (Wildman–Crippen MR) is 45.8 cm³/mol. The first-order valence-corrected chi connectivity index (χ1v) is 3.91. The Morgan fingerprint density at radius 1 is 1.69 bits per heavy atom. The number of carboxylic acid groups (broad SMARTS) is 1. The van der Waals surface area contributed by atoms with Crippen LogP contribution < -0.4 is 5.69 Å². The Morgan fingerprint density at radius 2 is 2.38 bits per heavy atom. The molecule has 0 bridgehead atoms. The highest BCUT2D eigenvalue weighted by atomic mass is 35.5. The van der Waals surface area contributed by atoms with Crippen LogP contribution in [0.2, 0.25) is 5.02 Å². The monoisotopic (exact) mass is 202 g/mol. The van der Waals surface area contributed by atoms with Gasteiger partial charge in [0.05, 0.1) is 17.6 Å². The minimum absolute atomic E-state index is 0.0850. The Balaban J connectivity index is 2.82. The molecule has 6 heteroatoms. The summed E-state index contributed by atoms with van der Waals surface area (Å²) in [6.07, 6.45) is 2.46. The number of nitrogens with zero attached hydrogens (tertiary/aromatic N) is 2. The van der Waals surface area contributed by atoms with E-state index in [0.29, 0.717) is 5.02 Å². The molecule has 0 aromatic carbocycles. The summed E-state index contributed by atoms with van der Waals surface area (Å²) >= 11 is 5.56. The molecule has 0 atom stereocenters. The third-order valence-electron chi connectivity index (χ3n) is 1.39. The fourth-order valence-electron chi connectivity index (χ4n) is 0.805. The second-order valence-corrected chi connectivity index (χ2v) is 2.83. The molecule has 70 valence electrons. The van der Waals surface area contributed by atoms with E-state index in [1.165, 1.54) is 12.4 Å². The fourth-order valence-corrected chi connectivity index (χ4v) is 0.971. The van der Waals surface area contributed by atoms with Crippen molar-refractivity contribution in [2.24, 2.45) is 0 Å². The largest absolute Gasteiger partial charge is 0.481 e. The second kappa shape index (κ2) is 4.04. The average molecular weight is 203 g/mol. The van der Waals surface area contributed by atoms with Crippen LogP contribution in [0.5, 0.6) is 0 Å². The number of carbonyl (C=O) groups is 1. The number of hydrogen-bond acceptors (Lipinski definition) is 3. The van der Waals surface area contributed by atoms with Crippen molar-refractivity contribution in [3.8, 4) is 0 Å². The molecule has 13 heavy (non-hydrogen) atoms. The number of aryl methyl sites for hydroxylation is 1. The van der Waals surface area contributed by atoms with Crippen LogP contribution >= 0.6 is 11.6 Å². The average Bonchev–Trinajstić information content (AvgIpc) is 2.06. The molecule has 5 nitrogen and oxygen atoms in total. The SMILES string of the molecule is O=C(O)CCn1cc(Cl)cnc1=O. The third kappa shape index (κ3) is 2.87. The van der Waals surface area contributed by atoms with Crippen LogP contribution in [0.1, 0.15) is 6.42 Å². The standard InChI is InChI=1S/C7H7ClN2O3/c8-5-3-9-7(13)10(4-5)2-1-6(11)12/h3-4H,1-2H2,(H,11,12). The van der Waals surface area contributed by atoms with Gasteiger partial charge in [-0.05, 0) is 0 Å². The maximum Gasteiger partial charge on any atom is 0.347 e. The van der Waals surface area contributed by atoms with Gasteiger partial charge in [0, 0.05) is 12.7 Å². The lowest BCUT2D eigenvalue weighted by molar-refractivity contribution is -0.137. The Bertz CT molecular complexity index is 374. The molecule has 0 spiro atoms. The predicted octanol–water partition coefficient (Wildman–Crippen LogP) is 0.371. The maximum atomic E-state index is 11.0. The highest BCUT2D eigenvalue weighted by Gasteiger charge is 2.01. The van der Waals surface area contributed by atoms with E-state index in [9.17, 15) is 9.59 Å². The van der Waals surface area contributed by atoms with Gasteiger partial charge < -0.3 is 5.11 Å². The zero-order valence-corrected chi connectivity index (χ0v) is 7.36. The number of hydrogen-bond donors (Lipinski definition) is 1. The van der Waals surface area contributed by atoms with Crippen LogP contribution in [0.4, 0.5) is 0 Å².